The van der Waals surface area contributed by atoms with Crippen molar-refractivity contribution in [3.63, 3.8) is 0 Å². The van der Waals surface area contributed by atoms with Crippen LogP contribution in [0, 0.1) is 0 Å². The Balaban J connectivity index is 2.98. The molecule has 0 aliphatic rings. The standard InChI is InChI=1S/C6H6N2O2/c1-5(10)8-3-6(4-9)2-7-8/h2-4H,1H3. The molecule has 0 amide bonds. The van der Waals surface area contributed by atoms with Crippen molar-refractivity contribution >= 4 is 12.2 Å². The van der Waals surface area contributed by atoms with Crippen LogP contribution in [0.4, 0.5) is 0 Å². The van der Waals surface area contributed by atoms with Gasteiger partial charge in [-0.25, -0.2) is 4.68 Å². The number of hydrogen-bond donors (Lipinski definition) is 0. The molecule has 0 saturated carbocycles. The molecule has 0 radical (unpaired) electrons. The number of aromatic nitrogens is 2. The molecule has 1 rings (SSSR count). The lowest BCUT2D eigenvalue weighted by molar-refractivity contribution is 0.0921. The summed E-state index contributed by atoms with van der Waals surface area (Å²) in [5.74, 6) is -0.201. The van der Waals surface area contributed by atoms with Gasteiger partial charge in [0.15, 0.2) is 6.29 Å². The van der Waals surface area contributed by atoms with Crippen molar-refractivity contribution in [2.45, 2.75) is 6.92 Å². The number of carbonyl (C=O) groups is 2. The highest BCUT2D eigenvalue weighted by atomic mass is 16.2. The van der Waals surface area contributed by atoms with Gasteiger partial charge >= 0.3 is 0 Å². The second kappa shape index (κ2) is 2.43. The highest BCUT2D eigenvalue weighted by Gasteiger charge is 1.98. The van der Waals surface area contributed by atoms with Crippen LogP contribution < -0.4 is 0 Å². The highest BCUT2D eigenvalue weighted by molar-refractivity contribution is 5.79. The lowest BCUT2D eigenvalue weighted by Crippen LogP contribution is -2.04. The Morgan fingerprint density at radius 2 is 2.50 bits per heavy atom. The maximum atomic E-state index is 10.6. The second-order valence-electron chi connectivity index (χ2n) is 1.86. The van der Waals surface area contributed by atoms with Crippen LogP contribution in [-0.2, 0) is 0 Å². The Hall–Kier alpha value is -1.45. The molecule has 0 aromatic carbocycles. The molecule has 10 heavy (non-hydrogen) atoms. The van der Waals surface area contributed by atoms with Crippen LogP contribution in [-0.4, -0.2) is 22.0 Å². The summed E-state index contributed by atoms with van der Waals surface area (Å²) < 4.78 is 1.11. The molecule has 0 aliphatic heterocycles. The van der Waals surface area contributed by atoms with Gasteiger partial charge < -0.3 is 0 Å². The smallest absolute Gasteiger partial charge is 0.243 e. The molecule has 1 heterocycles. The Bertz CT molecular complexity index is 264. The van der Waals surface area contributed by atoms with Crippen molar-refractivity contribution < 1.29 is 9.59 Å². The van der Waals surface area contributed by atoms with Gasteiger partial charge in [-0.1, -0.05) is 0 Å². The summed E-state index contributed by atoms with van der Waals surface area (Å²) in [6.07, 6.45) is 3.37. The van der Waals surface area contributed by atoms with Gasteiger partial charge in [-0.2, -0.15) is 5.10 Å². The minimum Gasteiger partial charge on any atom is -0.298 e. The predicted octanol–water partition coefficient (Wildman–Crippen LogP) is 0.356. The summed E-state index contributed by atoms with van der Waals surface area (Å²) in [5.41, 5.74) is 0.412. The van der Waals surface area contributed by atoms with E-state index in [9.17, 15) is 9.59 Å². The molecule has 4 heteroatoms. The second-order valence-corrected chi connectivity index (χ2v) is 1.86. The third kappa shape index (κ3) is 1.10. The fourth-order valence-electron chi connectivity index (χ4n) is 0.570. The van der Waals surface area contributed by atoms with Gasteiger partial charge in [0.2, 0.25) is 5.91 Å². The van der Waals surface area contributed by atoms with E-state index in [2.05, 4.69) is 5.10 Å². The fraction of sp³-hybridized carbons (Fsp3) is 0.167. The summed E-state index contributed by atoms with van der Waals surface area (Å²) >= 11 is 0. The van der Waals surface area contributed by atoms with E-state index in [0.717, 1.165) is 4.68 Å². The zero-order chi connectivity index (χ0) is 7.56. The Morgan fingerprint density at radius 1 is 1.80 bits per heavy atom. The van der Waals surface area contributed by atoms with Gasteiger partial charge in [0, 0.05) is 13.1 Å². The first kappa shape index (κ1) is 6.67. The Kier molecular flexibility index (Phi) is 1.62. The maximum Gasteiger partial charge on any atom is 0.243 e. The normalized spacial score (nSPS) is 9.30. The van der Waals surface area contributed by atoms with Crippen molar-refractivity contribution in [1.29, 1.82) is 0 Å². The van der Waals surface area contributed by atoms with Crippen LogP contribution in [0.15, 0.2) is 12.4 Å². The van der Waals surface area contributed by atoms with Crippen molar-refractivity contribution in [3.8, 4) is 0 Å². The zero-order valence-electron chi connectivity index (χ0n) is 5.44. The van der Waals surface area contributed by atoms with Crippen molar-refractivity contribution in [2.24, 2.45) is 0 Å². The SMILES string of the molecule is CC(=O)n1cc(C=O)cn1. The van der Waals surface area contributed by atoms with Crippen LogP contribution in [0.25, 0.3) is 0 Å². The number of nitrogens with zero attached hydrogens (tertiary/aromatic N) is 2. The molecule has 1 aromatic rings. The monoisotopic (exact) mass is 138 g/mol. The molecule has 0 fully saturated rings. The minimum atomic E-state index is -0.201. The molecular formula is C6H6N2O2. The van der Waals surface area contributed by atoms with Crippen LogP contribution >= 0.6 is 0 Å². The van der Waals surface area contributed by atoms with E-state index >= 15 is 0 Å². The van der Waals surface area contributed by atoms with E-state index in [1.54, 1.807) is 0 Å². The lowest BCUT2D eigenvalue weighted by Gasteiger charge is -1.87. The topological polar surface area (TPSA) is 52.0 Å². The van der Waals surface area contributed by atoms with E-state index in [1.807, 2.05) is 0 Å². The van der Waals surface area contributed by atoms with Crippen molar-refractivity contribution in [3.05, 3.63) is 18.0 Å². The zero-order valence-corrected chi connectivity index (χ0v) is 5.44. The number of carbonyl (C=O) groups excluding carboxylic acids is 2. The third-order valence-electron chi connectivity index (χ3n) is 1.06. The molecule has 0 atom stereocenters. The minimum absolute atomic E-state index is 0.201. The van der Waals surface area contributed by atoms with E-state index in [4.69, 9.17) is 0 Å². The van der Waals surface area contributed by atoms with Gasteiger partial charge in [-0.15, -0.1) is 0 Å². The van der Waals surface area contributed by atoms with Gasteiger partial charge in [0.25, 0.3) is 0 Å². The van der Waals surface area contributed by atoms with Crippen LogP contribution in [0.2, 0.25) is 0 Å². The van der Waals surface area contributed by atoms with Crippen molar-refractivity contribution in [1.82, 2.24) is 9.78 Å². The first-order valence-corrected chi connectivity index (χ1v) is 2.75. The average molecular weight is 138 g/mol. The summed E-state index contributed by atoms with van der Waals surface area (Å²) in [6.45, 7) is 1.38. The molecule has 0 unspecified atom stereocenters. The predicted molar refractivity (Wildman–Crippen MR) is 33.9 cm³/mol. The summed E-state index contributed by atoms with van der Waals surface area (Å²) in [6, 6.07) is 0. The molecular weight excluding hydrogens is 132 g/mol. The molecule has 4 nitrogen and oxygen atoms in total. The highest BCUT2D eigenvalue weighted by Crippen LogP contribution is 1.91. The summed E-state index contributed by atoms with van der Waals surface area (Å²) in [4.78, 5) is 20.6. The molecule has 0 spiro atoms. The fourth-order valence-corrected chi connectivity index (χ4v) is 0.570. The number of hydrogen-bond acceptors (Lipinski definition) is 3. The van der Waals surface area contributed by atoms with Gasteiger partial charge in [-0.05, 0) is 0 Å². The quantitative estimate of drug-likeness (QED) is 0.526. The van der Waals surface area contributed by atoms with Gasteiger partial charge in [-0.3, -0.25) is 9.59 Å². The number of rotatable bonds is 1. The molecule has 0 aliphatic carbocycles. The Morgan fingerprint density at radius 3 is 2.80 bits per heavy atom. The summed E-state index contributed by atoms with van der Waals surface area (Å²) in [5, 5.41) is 3.62. The first-order valence-electron chi connectivity index (χ1n) is 2.75. The average Bonchev–Trinajstić information content (AvgIpc) is 2.34. The van der Waals surface area contributed by atoms with E-state index in [0.29, 0.717) is 11.8 Å². The van der Waals surface area contributed by atoms with E-state index < -0.39 is 0 Å². The lowest BCUT2D eigenvalue weighted by atomic mass is 10.4. The molecule has 0 saturated heterocycles. The molecule has 0 N–H and O–H groups in total. The van der Waals surface area contributed by atoms with Crippen LogP contribution in [0.3, 0.4) is 0 Å². The largest absolute Gasteiger partial charge is 0.298 e. The molecule has 0 bridgehead atoms. The first-order chi connectivity index (χ1) is 4.74. The van der Waals surface area contributed by atoms with Crippen LogP contribution in [0.1, 0.15) is 22.1 Å². The van der Waals surface area contributed by atoms with Crippen molar-refractivity contribution in [2.75, 3.05) is 0 Å². The molecule has 52 valence electrons. The Labute approximate surface area is 57.5 Å². The maximum absolute atomic E-state index is 10.6. The summed E-state index contributed by atoms with van der Waals surface area (Å²) in [7, 11) is 0. The van der Waals surface area contributed by atoms with Gasteiger partial charge in [0.05, 0.1) is 11.8 Å². The number of aldehydes is 1. The van der Waals surface area contributed by atoms with E-state index in [-0.39, 0.29) is 5.91 Å². The third-order valence-corrected chi connectivity index (χ3v) is 1.06. The molecule has 1 aromatic heterocycles. The van der Waals surface area contributed by atoms with Crippen LogP contribution in [0.5, 0.6) is 0 Å². The van der Waals surface area contributed by atoms with E-state index in [1.165, 1.54) is 19.3 Å². The van der Waals surface area contributed by atoms with Gasteiger partial charge in [0.1, 0.15) is 0 Å².